The summed E-state index contributed by atoms with van der Waals surface area (Å²) in [7, 11) is 1.40. The number of ether oxygens (including phenoxy) is 1. The van der Waals surface area contributed by atoms with Crippen molar-refractivity contribution >= 4 is 22.8 Å². The van der Waals surface area contributed by atoms with Crippen LogP contribution >= 0.6 is 0 Å². The highest BCUT2D eigenvalue weighted by atomic mass is 19.1. The first-order chi connectivity index (χ1) is 16.5. The second kappa shape index (κ2) is 9.09. The van der Waals surface area contributed by atoms with E-state index in [9.17, 15) is 9.18 Å². The Morgan fingerprint density at radius 2 is 1.94 bits per heavy atom. The summed E-state index contributed by atoms with van der Waals surface area (Å²) in [5.41, 5.74) is 9.82. The Bertz CT molecular complexity index is 1350. The fraction of sp³-hybridized carbons (Fsp3) is 0.280. The quantitative estimate of drug-likeness (QED) is 0.445. The smallest absolute Gasteiger partial charge is 0.255 e. The van der Waals surface area contributed by atoms with Crippen LogP contribution in [0.1, 0.15) is 47.6 Å². The molecule has 174 valence electrons. The third-order valence-corrected chi connectivity index (χ3v) is 6.28. The van der Waals surface area contributed by atoms with E-state index in [-0.39, 0.29) is 17.2 Å². The van der Waals surface area contributed by atoms with Gasteiger partial charge in [0.25, 0.3) is 5.91 Å². The topological polar surface area (TPSA) is 108 Å². The van der Waals surface area contributed by atoms with Crippen molar-refractivity contribution in [2.24, 2.45) is 0 Å². The van der Waals surface area contributed by atoms with Crippen LogP contribution in [0.4, 0.5) is 10.2 Å². The Morgan fingerprint density at radius 1 is 1.18 bits per heavy atom. The van der Waals surface area contributed by atoms with Gasteiger partial charge in [0.05, 0.1) is 24.1 Å². The van der Waals surface area contributed by atoms with E-state index in [0.717, 1.165) is 40.7 Å². The number of hydrogen-bond donors (Lipinski definition) is 2. The first-order valence-corrected chi connectivity index (χ1v) is 11.2. The van der Waals surface area contributed by atoms with Gasteiger partial charge >= 0.3 is 0 Å². The van der Waals surface area contributed by atoms with Crippen LogP contribution in [0.15, 0.2) is 48.8 Å². The van der Waals surface area contributed by atoms with Crippen molar-refractivity contribution < 1.29 is 13.9 Å². The molecule has 4 aromatic rings. The lowest BCUT2D eigenvalue weighted by Gasteiger charge is -2.10. The number of aromatic nitrogens is 4. The number of nitrogens with two attached hydrogens (primary N) is 1. The Morgan fingerprint density at radius 3 is 2.68 bits per heavy atom. The number of benzene rings is 2. The van der Waals surface area contributed by atoms with Crippen molar-refractivity contribution in [1.82, 2.24) is 25.1 Å². The van der Waals surface area contributed by atoms with E-state index in [0.29, 0.717) is 18.4 Å². The van der Waals surface area contributed by atoms with Gasteiger partial charge < -0.3 is 15.8 Å². The molecular weight excluding hydrogens is 435 g/mol. The average Bonchev–Trinajstić information content (AvgIpc) is 3.51. The molecule has 1 saturated carbocycles. The number of amides is 1. The van der Waals surface area contributed by atoms with Crippen LogP contribution in [0.5, 0.6) is 5.75 Å². The van der Waals surface area contributed by atoms with E-state index < -0.39 is 5.82 Å². The number of carbonyl (C=O) groups is 1. The van der Waals surface area contributed by atoms with Gasteiger partial charge in [0.2, 0.25) is 0 Å². The predicted octanol–water partition coefficient (Wildman–Crippen LogP) is 4.27. The number of anilines is 1. The van der Waals surface area contributed by atoms with E-state index in [1.54, 1.807) is 0 Å². The van der Waals surface area contributed by atoms with Gasteiger partial charge in [-0.15, -0.1) is 0 Å². The lowest BCUT2D eigenvalue weighted by atomic mass is 10.1. The third-order valence-electron chi connectivity index (χ3n) is 6.28. The molecule has 0 radical (unpaired) electrons. The van der Waals surface area contributed by atoms with Crippen molar-refractivity contribution in [3.8, 4) is 17.0 Å². The van der Waals surface area contributed by atoms with E-state index >= 15 is 0 Å². The lowest BCUT2D eigenvalue weighted by molar-refractivity contribution is 0.0948. The molecule has 1 amide bonds. The number of methoxy groups -OCH3 is 1. The number of halogens is 1. The number of rotatable bonds is 6. The van der Waals surface area contributed by atoms with E-state index in [2.05, 4.69) is 15.3 Å². The van der Waals surface area contributed by atoms with Gasteiger partial charge in [-0.3, -0.25) is 4.79 Å². The summed E-state index contributed by atoms with van der Waals surface area (Å²) in [6.07, 6.45) is 6.02. The van der Waals surface area contributed by atoms with Crippen molar-refractivity contribution in [3.05, 3.63) is 65.7 Å². The van der Waals surface area contributed by atoms with Crippen LogP contribution in [-0.2, 0) is 6.54 Å². The zero-order chi connectivity index (χ0) is 23.7. The maximum absolute atomic E-state index is 13.4. The van der Waals surface area contributed by atoms with Crippen molar-refractivity contribution in [2.45, 2.75) is 38.3 Å². The van der Waals surface area contributed by atoms with Crippen LogP contribution in [0.25, 0.3) is 22.3 Å². The summed E-state index contributed by atoms with van der Waals surface area (Å²) in [6.45, 7) is 0.308. The summed E-state index contributed by atoms with van der Waals surface area (Å²) in [5, 5.41) is 8.50. The summed E-state index contributed by atoms with van der Waals surface area (Å²) in [6, 6.07) is 11.9. The van der Waals surface area contributed by atoms with Crippen LogP contribution < -0.4 is 15.8 Å². The number of nitrogen functional groups attached to an aromatic ring is 1. The molecule has 2 heterocycles. The minimum Gasteiger partial charge on any atom is -0.496 e. The van der Waals surface area contributed by atoms with E-state index in [1.807, 2.05) is 28.9 Å². The van der Waals surface area contributed by atoms with E-state index in [4.69, 9.17) is 15.6 Å². The number of fused-ring (bicyclic) bond motifs is 1. The molecule has 2 aromatic carbocycles. The molecule has 34 heavy (non-hydrogen) atoms. The van der Waals surface area contributed by atoms with Crippen molar-refractivity contribution in [3.63, 3.8) is 0 Å². The number of nitrogens with zero attached hydrogens (tertiary/aromatic N) is 4. The molecule has 8 nitrogen and oxygen atoms in total. The number of hydrogen-bond acceptors (Lipinski definition) is 6. The zero-order valence-corrected chi connectivity index (χ0v) is 18.8. The van der Waals surface area contributed by atoms with Gasteiger partial charge in [0.15, 0.2) is 5.65 Å². The van der Waals surface area contributed by atoms with Gasteiger partial charge in [-0.1, -0.05) is 37.1 Å². The molecule has 9 heteroatoms. The Labute approximate surface area is 196 Å². The van der Waals surface area contributed by atoms with E-state index in [1.165, 1.54) is 44.5 Å². The lowest BCUT2D eigenvalue weighted by Crippen LogP contribution is -2.23. The predicted molar refractivity (Wildman–Crippen MR) is 127 cm³/mol. The molecule has 0 atom stereocenters. The molecular formula is C25H25FN6O2. The molecule has 0 spiro atoms. The zero-order valence-electron chi connectivity index (χ0n) is 18.8. The second-order valence-corrected chi connectivity index (χ2v) is 8.41. The SMILES string of the molecule is COc1cc(F)ccc1C(=O)NCc1ccc(-c2nn(C3CCCC3)c3ncnc(N)c23)cc1. The molecule has 0 bridgehead atoms. The normalized spacial score (nSPS) is 13.9. The van der Waals surface area contributed by atoms with Gasteiger partial charge in [0, 0.05) is 18.2 Å². The molecule has 0 unspecified atom stereocenters. The average molecular weight is 461 g/mol. The Kier molecular flexibility index (Phi) is 5.83. The molecule has 2 aromatic heterocycles. The van der Waals surface area contributed by atoms with Crippen LogP contribution in [0.2, 0.25) is 0 Å². The minimum atomic E-state index is -0.460. The fourth-order valence-electron chi connectivity index (χ4n) is 4.51. The molecule has 1 fully saturated rings. The molecule has 5 rings (SSSR count). The largest absolute Gasteiger partial charge is 0.496 e. The first-order valence-electron chi connectivity index (χ1n) is 11.2. The summed E-state index contributed by atoms with van der Waals surface area (Å²) in [5.74, 6) is -0.198. The minimum absolute atomic E-state index is 0.192. The van der Waals surface area contributed by atoms with Crippen LogP contribution in [0.3, 0.4) is 0 Å². The highest BCUT2D eigenvalue weighted by molar-refractivity contribution is 5.98. The number of carbonyl (C=O) groups excluding carboxylic acids is 1. The third kappa shape index (κ3) is 4.05. The molecule has 1 aliphatic rings. The summed E-state index contributed by atoms with van der Waals surface area (Å²) < 4.78 is 20.5. The Balaban J connectivity index is 1.37. The van der Waals surface area contributed by atoms with Gasteiger partial charge in [-0.25, -0.2) is 19.0 Å². The second-order valence-electron chi connectivity index (χ2n) is 8.41. The highest BCUT2D eigenvalue weighted by Gasteiger charge is 2.24. The van der Waals surface area contributed by atoms with Gasteiger partial charge in [-0.2, -0.15) is 5.10 Å². The molecule has 3 N–H and O–H groups in total. The standard InChI is InChI=1S/C25H25FN6O2/c1-34-20-12-17(26)10-11-19(20)25(33)28-13-15-6-8-16(9-7-15)22-21-23(27)29-14-30-24(21)32(31-22)18-4-2-3-5-18/h6-12,14,18H,2-5,13H2,1H3,(H,28,33)(H2,27,29,30). The summed E-state index contributed by atoms with van der Waals surface area (Å²) >= 11 is 0. The molecule has 0 saturated heterocycles. The Hall–Kier alpha value is -4.01. The fourth-order valence-corrected chi connectivity index (χ4v) is 4.51. The molecule has 1 aliphatic carbocycles. The van der Waals surface area contributed by atoms with Crippen molar-refractivity contribution in [1.29, 1.82) is 0 Å². The van der Waals surface area contributed by atoms with Gasteiger partial charge in [0.1, 0.15) is 29.4 Å². The van der Waals surface area contributed by atoms with Crippen LogP contribution in [-0.4, -0.2) is 32.8 Å². The number of nitrogens with one attached hydrogen (secondary N) is 1. The summed E-state index contributed by atoms with van der Waals surface area (Å²) in [4.78, 5) is 21.2. The highest BCUT2D eigenvalue weighted by Crippen LogP contribution is 2.36. The molecule has 0 aliphatic heterocycles. The maximum atomic E-state index is 13.4. The monoisotopic (exact) mass is 460 g/mol. The van der Waals surface area contributed by atoms with Crippen LogP contribution in [0, 0.1) is 5.82 Å². The van der Waals surface area contributed by atoms with Crippen molar-refractivity contribution in [2.75, 3.05) is 12.8 Å². The van der Waals surface area contributed by atoms with Gasteiger partial charge in [-0.05, 0) is 30.5 Å². The first kappa shape index (κ1) is 21.8. The maximum Gasteiger partial charge on any atom is 0.255 e.